The number of ether oxygens (including phenoxy) is 1. The molecule has 3 aromatic rings. The molecule has 0 spiro atoms. The highest BCUT2D eigenvalue weighted by Gasteiger charge is 2.09. The molecule has 3 rings (SSSR count). The summed E-state index contributed by atoms with van der Waals surface area (Å²) < 4.78 is 11.7. The van der Waals surface area contributed by atoms with Gasteiger partial charge >= 0.3 is 5.97 Å². The first kappa shape index (κ1) is 18.9. The molecule has 6 heteroatoms. The van der Waals surface area contributed by atoms with Crippen molar-refractivity contribution in [2.45, 2.75) is 20.0 Å². The van der Waals surface area contributed by atoms with E-state index in [1.165, 1.54) is 6.08 Å². The molecule has 2 aromatic carbocycles. The summed E-state index contributed by atoms with van der Waals surface area (Å²) in [4.78, 5) is 23.9. The smallest absolute Gasteiger partial charge is 0.338 e. The third kappa shape index (κ3) is 5.08. The minimum absolute atomic E-state index is 0.179. The van der Waals surface area contributed by atoms with E-state index in [1.54, 1.807) is 44.2 Å². The summed E-state index contributed by atoms with van der Waals surface area (Å²) >= 11 is 3.41. The van der Waals surface area contributed by atoms with Crippen LogP contribution in [0.1, 0.15) is 30.0 Å². The first-order valence-corrected chi connectivity index (χ1v) is 9.19. The van der Waals surface area contributed by atoms with E-state index in [0.717, 1.165) is 15.4 Å². The number of esters is 1. The minimum atomic E-state index is -0.390. The Morgan fingerprint density at radius 2 is 1.85 bits per heavy atom. The zero-order valence-corrected chi connectivity index (χ0v) is 16.4. The second kappa shape index (κ2) is 8.22. The molecule has 0 aliphatic heterocycles. The van der Waals surface area contributed by atoms with E-state index in [-0.39, 0.29) is 18.0 Å². The number of benzene rings is 2. The number of furan rings is 1. The van der Waals surface area contributed by atoms with Gasteiger partial charge in [0.05, 0.1) is 11.7 Å². The summed E-state index contributed by atoms with van der Waals surface area (Å²) in [5.74, 6) is -0.0986. The SMILES string of the molecule is CC(C)OC(=O)c1ccc(NC(=O)C=Cc2cc3cc(Br)ccc3o2)cc1. The predicted molar refractivity (Wildman–Crippen MR) is 109 cm³/mol. The van der Waals surface area contributed by atoms with Crippen molar-refractivity contribution in [2.24, 2.45) is 0 Å². The number of hydrogen-bond acceptors (Lipinski definition) is 4. The standard InChI is InChI=1S/C21H18BrNO4/c1-13(2)26-21(25)14-3-6-17(7-4-14)23-20(24)10-8-18-12-15-11-16(22)5-9-19(15)27-18/h3-13H,1-2H3,(H,23,24). The first-order chi connectivity index (χ1) is 12.9. The molecule has 0 saturated heterocycles. The molecular formula is C21H18BrNO4. The Kier molecular flexibility index (Phi) is 5.76. The molecule has 0 radical (unpaired) electrons. The number of halogens is 1. The third-order valence-electron chi connectivity index (χ3n) is 3.63. The van der Waals surface area contributed by atoms with E-state index >= 15 is 0 Å². The van der Waals surface area contributed by atoms with Gasteiger partial charge in [-0.25, -0.2) is 4.79 Å². The lowest BCUT2D eigenvalue weighted by molar-refractivity contribution is -0.111. The van der Waals surface area contributed by atoms with Gasteiger partial charge in [-0.15, -0.1) is 0 Å². The highest BCUT2D eigenvalue weighted by molar-refractivity contribution is 9.10. The van der Waals surface area contributed by atoms with Crippen molar-refractivity contribution in [1.29, 1.82) is 0 Å². The molecule has 0 aliphatic rings. The number of nitrogens with one attached hydrogen (secondary N) is 1. The van der Waals surface area contributed by atoms with Gasteiger partial charge in [0.1, 0.15) is 11.3 Å². The van der Waals surface area contributed by atoms with E-state index in [0.29, 0.717) is 17.0 Å². The number of anilines is 1. The fraction of sp³-hybridized carbons (Fsp3) is 0.143. The lowest BCUT2D eigenvalue weighted by atomic mass is 10.2. The van der Waals surface area contributed by atoms with E-state index in [1.807, 2.05) is 24.3 Å². The van der Waals surface area contributed by atoms with Crippen LogP contribution in [0.4, 0.5) is 5.69 Å². The average molecular weight is 428 g/mol. The summed E-state index contributed by atoms with van der Waals surface area (Å²) in [5.41, 5.74) is 1.77. The Morgan fingerprint density at radius 3 is 2.56 bits per heavy atom. The Balaban J connectivity index is 1.62. The number of hydrogen-bond donors (Lipinski definition) is 1. The zero-order valence-electron chi connectivity index (χ0n) is 14.9. The Bertz CT molecular complexity index is 1000. The summed E-state index contributed by atoms with van der Waals surface area (Å²) in [5, 5.41) is 3.69. The molecule has 1 N–H and O–H groups in total. The number of fused-ring (bicyclic) bond motifs is 1. The topological polar surface area (TPSA) is 68.5 Å². The maximum atomic E-state index is 12.1. The van der Waals surface area contributed by atoms with Crippen molar-refractivity contribution >= 4 is 50.5 Å². The van der Waals surface area contributed by atoms with Crippen LogP contribution in [-0.2, 0) is 9.53 Å². The number of amides is 1. The number of rotatable bonds is 5. The summed E-state index contributed by atoms with van der Waals surface area (Å²) in [6.07, 6.45) is 2.83. The first-order valence-electron chi connectivity index (χ1n) is 8.40. The summed E-state index contributed by atoms with van der Waals surface area (Å²) in [7, 11) is 0. The van der Waals surface area contributed by atoms with Gasteiger partial charge in [0.2, 0.25) is 5.91 Å². The van der Waals surface area contributed by atoms with E-state index in [2.05, 4.69) is 21.2 Å². The highest BCUT2D eigenvalue weighted by atomic mass is 79.9. The Morgan fingerprint density at radius 1 is 1.11 bits per heavy atom. The third-order valence-corrected chi connectivity index (χ3v) is 4.12. The molecule has 27 heavy (non-hydrogen) atoms. The van der Waals surface area contributed by atoms with E-state index < -0.39 is 0 Å². The van der Waals surface area contributed by atoms with Crippen molar-refractivity contribution in [2.75, 3.05) is 5.32 Å². The Hall–Kier alpha value is -2.86. The molecule has 5 nitrogen and oxygen atoms in total. The van der Waals surface area contributed by atoms with Crippen LogP contribution in [0, 0.1) is 0 Å². The van der Waals surface area contributed by atoms with Crippen LogP contribution in [-0.4, -0.2) is 18.0 Å². The fourth-order valence-corrected chi connectivity index (χ4v) is 2.81. The van der Waals surface area contributed by atoms with Crippen LogP contribution >= 0.6 is 15.9 Å². The zero-order chi connectivity index (χ0) is 19.4. The maximum Gasteiger partial charge on any atom is 0.338 e. The lowest BCUT2D eigenvalue weighted by Gasteiger charge is -2.08. The summed E-state index contributed by atoms with van der Waals surface area (Å²) in [6, 6.07) is 14.1. The van der Waals surface area contributed by atoms with Crippen LogP contribution in [0.5, 0.6) is 0 Å². The van der Waals surface area contributed by atoms with Crippen molar-refractivity contribution in [3.8, 4) is 0 Å². The molecule has 0 fully saturated rings. The number of carbonyl (C=O) groups excluding carboxylic acids is 2. The molecule has 1 aromatic heterocycles. The van der Waals surface area contributed by atoms with Gasteiger partial charge in [-0.2, -0.15) is 0 Å². The van der Waals surface area contributed by atoms with Crippen LogP contribution in [0.15, 0.2) is 63.5 Å². The van der Waals surface area contributed by atoms with Gasteiger partial charge in [-0.1, -0.05) is 15.9 Å². The van der Waals surface area contributed by atoms with Crippen molar-refractivity contribution in [3.05, 3.63) is 70.4 Å². The van der Waals surface area contributed by atoms with Gasteiger partial charge < -0.3 is 14.5 Å². The quantitative estimate of drug-likeness (QED) is 0.436. The lowest BCUT2D eigenvalue weighted by Crippen LogP contribution is -2.12. The van der Waals surface area contributed by atoms with Crippen LogP contribution in [0.2, 0.25) is 0 Å². The highest BCUT2D eigenvalue weighted by Crippen LogP contribution is 2.24. The van der Waals surface area contributed by atoms with Gasteiger partial charge in [-0.05, 0) is 68.5 Å². The second-order valence-electron chi connectivity index (χ2n) is 6.18. The van der Waals surface area contributed by atoms with Gasteiger partial charge in [0.15, 0.2) is 0 Å². The second-order valence-corrected chi connectivity index (χ2v) is 7.10. The molecule has 0 atom stereocenters. The molecular weight excluding hydrogens is 410 g/mol. The van der Waals surface area contributed by atoms with Gasteiger partial charge in [-0.3, -0.25) is 4.79 Å². The van der Waals surface area contributed by atoms with Crippen molar-refractivity contribution < 1.29 is 18.7 Å². The molecule has 0 saturated carbocycles. The Labute approximate surface area is 165 Å². The van der Waals surface area contributed by atoms with Gasteiger partial charge in [0.25, 0.3) is 0 Å². The molecule has 1 heterocycles. The maximum absolute atomic E-state index is 12.1. The molecule has 0 bridgehead atoms. The van der Waals surface area contributed by atoms with Crippen molar-refractivity contribution in [3.63, 3.8) is 0 Å². The summed E-state index contributed by atoms with van der Waals surface area (Å²) in [6.45, 7) is 3.58. The largest absolute Gasteiger partial charge is 0.459 e. The predicted octanol–water partition coefficient (Wildman–Crippen LogP) is 5.41. The average Bonchev–Trinajstić information content (AvgIpc) is 3.02. The minimum Gasteiger partial charge on any atom is -0.459 e. The van der Waals surface area contributed by atoms with Crippen molar-refractivity contribution in [1.82, 2.24) is 0 Å². The fourth-order valence-electron chi connectivity index (χ4n) is 2.43. The molecule has 138 valence electrons. The number of carbonyl (C=O) groups is 2. The van der Waals surface area contributed by atoms with E-state index in [4.69, 9.17) is 9.15 Å². The normalized spacial score (nSPS) is 11.3. The monoisotopic (exact) mass is 427 g/mol. The molecule has 0 aliphatic carbocycles. The van der Waals surface area contributed by atoms with Crippen LogP contribution < -0.4 is 5.32 Å². The van der Waals surface area contributed by atoms with Gasteiger partial charge in [0, 0.05) is 21.6 Å². The van der Waals surface area contributed by atoms with Crippen LogP contribution in [0.25, 0.3) is 17.0 Å². The molecule has 1 amide bonds. The van der Waals surface area contributed by atoms with E-state index in [9.17, 15) is 9.59 Å². The molecule has 0 unspecified atom stereocenters. The van der Waals surface area contributed by atoms with Crippen LogP contribution in [0.3, 0.4) is 0 Å².